The molecule has 0 bridgehead atoms. The van der Waals surface area contributed by atoms with Crippen molar-refractivity contribution in [3.8, 4) is 0 Å². The molecule has 0 aliphatic heterocycles. The van der Waals surface area contributed by atoms with Crippen LogP contribution in [0.2, 0.25) is 0 Å². The molecule has 3 heteroatoms. The van der Waals surface area contributed by atoms with Gasteiger partial charge in [-0.2, -0.15) is 0 Å². The standard InChI is InChI=1S/C23H33N2P/c1-16(2)26(17(3)4)25(23-20(7)13-10-14-21(23)8)15-24-22-18(5)11-9-12-19(22)6/h9-17H,1-8H3/b24-15+. The lowest BCUT2D eigenvalue weighted by Crippen LogP contribution is -2.25. The van der Waals surface area contributed by atoms with Crippen LogP contribution in [0.4, 0.5) is 11.4 Å². The van der Waals surface area contributed by atoms with Gasteiger partial charge >= 0.3 is 0 Å². The van der Waals surface area contributed by atoms with Crippen molar-refractivity contribution in [1.29, 1.82) is 0 Å². The van der Waals surface area contributed by atoms with E-state index < -0.39 is 0 Å². The zero-order chi connectivity index (χ0) is 19.4. The lowest BCUT2D eigenvalue weighted by atomic mass is 10.1. The Bertz CT molecular complexity index is 729. The van der Waals surface area contributed by atoms with Crippen LogP contribution in [0, 0.1) is 27.7 Å². The van der Waals surface area contributed by atoms with Gasteiger partial charge in [0.2, 0.25) is 0 Å². The average Bonchev–Trinajstić information content (AvgIpc) is 2.53. The molecule has 2 rings (SSSR count). The SMILES string of the molecule is Cc1cccc(C)c1/N=C/N(c1c(C)cccc1C)P(C(C)C)C(C)C. The molecule has 0 spiro atoms. The van der Waals surface area contributed by atoms with Gasteiger partial charge in [0.05, 0.1) is 17.7 Å². The highest BCUT2D eigenvalue weighted by Gasteiger charge is 2.26. The molecule has 2 nitrogen and oxygen atoms in total. The van der Waals surface area contributed by atoms with E-state index in [0.717, 1.165) is 5.69 Å². The Labute approximate surface area is 161 Å². The topological polar surface area (TPSA) is 15.6 Å². The molecule has 0 saturated carbocycles. The first-order valence-corrected chi connectivity index (χ1v) is 10.9. The van der Waals surface area contributed by atoms with Gasteiger partial charge in [-0.3, -0.25) is 0 Å². The van der Waals surface area contributed by atoms with Gasteiger partial charge in [-0.1, -0.05) is 64.1 Å². The van der Waals surface area contributed by atoms with Gasteiger partial charge < -0.3 is 4.67 Å². The van der Waals surface area contributed by atoms with Crippen LogP contribution >= 0.6 is 8.07 Å². The zero-order valence-corrected chi connectivity index (χ0v) is 18.4. The molecule has 2 aromatic carbocycles. The Morgan fingerprint density at radius 1 is 0.769 bits per heavy atom. The van der Waals surface area contributed by atoms with Crippen molar-refractivity contribution < 1.29 is 0 Å². The first-order chi connectivity index (χ1) is 12.2. The van der Waals surface area contributed by atoms with Gasteiger partial charge in [-0.25, -0.2) is 4.99 Å². The van der Waals surface area contributed by atoms with E-state index in [-0.39, 0.29) is 8.07 Å². The summed E-state index contributed by atoms with van der Waals surface area (Å²) >= 11 is 0. The highest BCUT2D eigenvalue weighted by Crippen LogP contribution is 2.52. The van der Waals surface area contributed by atoms with Gasteiger partial charge in [0.1, 0.15) is 0 Å². The van der Waals surface area contributed by atoms with E-state index in [1.54, 1.807) is 0 Å². The minimum Gasteiger partial charge on any atom is -0.310 e. The molecular weight excluding hydrogens is 335 g/mol. The van der Waals surface area contributed by atoms with Crippen molar-refractivity contribution in [1.82, 2.24) is 0 Å². The number of benzene rings is 2. The van der Waals surface area contributed by atoms with Crippen molar-refractivity contribution in [2.45, 2.75) is 66.7 Å². The largest absolute Gasteiger partial charge is 0.310 e. The molecule has 0 radical (unpaired) electrons. The number of aryl methyl sites for hydroxylation is 4. The predicted molar refractivity (Wildman–Crippen MR) is 120 cm³/mol. The van der Waals surface area contributed by atoms with E-state index >= 15 is 0 Å². The maximum absolute atomic E-state index is 4.97. The Morgan fingerprint density at radius 2 is 1.19 bits per heavy atom. The lowest BCUT2D eigenvalue weighted by Gasteiger charge is -2.37. The Kier molecular flexibility index (Phi) is 7.01. The number of anilines is 1. The maximum atomic E-state index is 4.97. The molecule has 0 aliphatic carbocycles. The minimum absolute atomic E-state index is 0.382. The summed E-state index contributed by atoms with van der Waals surface area (Å²) in [5, 5.41) is 0. The van der Waals surface area contributed by atoms with E-state index in [9.17, 15) is 0 Å². The van der Waals surface area contributed by atoms with Crippen molar-refractivity contribution in [2.24, 2.45) is 4.99 Å². The number of nitrogens with zero attached hydrogens (tertiary/aromatic N) is 2. The van der Waals surface area contributed by atoms with E-state index in [0.29, 0.717) is 11.3 Å². The molecule has 0 unspecified atom stereocenters. The summed E-state index contributed by atoms with van der Waals surface area (Å²) in [7, 11) is -0.382. The summed E-state index contributed by atoms with van der Waals surface area (Å²) < 4.78 is 2.47. The number of aliphatic imine (C=N–C) groups is 1. The molecule has 0 heterocycles. The summed E-state index contributed by atoms with van der Waals surface area (Å²) in [5.41, 5.74) is 8.66. The summed E-state index contributed by atoms with van der Waals surface area (Å²) in [6.45, 7) is 18.0. The Balaban J connectivity index is 2.59. The average molecular weight is 369 g/mol. The van der Waals surface area contributed by atoms with E-state index in [1.165, 1.54) is 27.9 Å². The van der Waals surface area contributed by atoms with Crippen LogP contribution in [0.5, 0.6) is 0 Å². The monoisotopic (exact) mass is 368 g/mol. The highest BCUT2D eigenvalue weighted by molar-refractivity contribution is 7.61. The second-order valence-corrected chi connectivity index (χ2v) is 10.9. The van der Waals surface area contributed by atoms with Crippen molar-refractivity contribution in [3.05, 3.63) is 58.7 Å². The van der Waals surface area contributed by atoms with Crippen molar-refractivity contribution in [3.63, 3.8) is 0 Å². The number of para-hydroxylation sites is 2. The van der Waals surface area contributed by atoms with Crippen LogP contribution in [-0.4, -0.2) is 17.7 Å². The van der Waals surface area contributed by atoms with E-state index in [2.05, 4.69) is 103 Å². The molecule has 0 N–H and O–H groups in total. The molecular formula is C23H33N2P. The summed E-state index contributed by atoms with van der Waals surface area (Å²) in [4.78, 5) is 4.97. The first-order valence-electron chi connectivity index (χ1n) is 9.48. The quantitative estimate of drug-likeness (QED) is 0.297. The van der Waals surface area contributed by atoms with Crippen LogP contribution in [0.25, 0.3) is 0 Å². The fraction of sp³-hybridized carbons (Fsp3) is 0.435. The molecule has 0 aliphatic rings. The van der Waals surface area contributed by atoms with Crippen molar-refractivity contribution >= 4 is 25.8 Å². The number of hydrogen-bond acceptors (Lipinski definition) is 1. The third-order valence-electron chi connectivity index (χ3n) is 4.71. The van der Waals surface area contributed by atoms with Crippen LogP contribution in [-0.2, 0) is 0 Å². The van der Waals surface area contributed by atoms with Crippen molar-refractivity contribution in [2.75, 3.05) is 4.67 Å². The predicted octanol–water partition coefficient (Wildman–Crippen LogP) is 7.30. The molecule has 140 valence electrons. The lowest BCUT2D eigenvalue weighted by molar-refractivity contribution is 1.00. The molecule has 0 fully saturated rings. The van der Waals surface area contributed by atoms with Gasteiger partial charge in [-0.05, 0) is 61.3 Å². The third kappa shape index (κ3) is 4.54. The summed E-state index contributed by atoms with van der Waals surface area (Å²) in [6.07, 6.45) is 2.09. The fourth-order valence-electron chi connectivity index (χ4n) is 3.62. The maximum Gasteiger partial charge on any atom is 0.0991 e. The third-order valence-corrected chi connectivity index (χ3v) is 7.63. The smallest absolute Gasteiger partial charge is 0.0991 e. The minimum atomic E-state index is -0.382. The second kappa shape index (κ2) is 8.82. The molecule has 0 amide bonds. The van der Waals surface area contributed by atoms with Crippen LogP contribution in [0.1, 0.15) is 49.9 Å². The molecule has 2 aromatic rings. The number of rotatable bonds is 6. The normalized spacial score (nSPS) is 12.0. The van der Waals surface area contributed by atoms with Gasteiger partial charge in [0.15, 0.2) is 0 Å². The Hall–Kier alpha value is -1.66. The summed E-state index contributed by atoms with van der Waals surface area (Å²) in [5.74, 6) is 0. The highest BCUT2D eigenvalue weighted by atomic mass is 31.1. The molecule has 0 aromatic heterocycles. The van der Waals surface area contributed by atoms with E-state index in [1.807, 2.05) is 0 Å². The molecule has 0 atom stereocenters. The first kappa shape index (κ1) is 20.6. The second-order valence-electron chi connectivity index (χ2n) is 7.64. The summed E-state index contributed by atoms with van der Waals surface area (Å²) in [6, 6.07) is 12.9. The van der Waals surface area contributed by atoms with Gasteiger partial charge in [0.25, 0.3) is 0 Å². The Morgan fingerprint density at radius 3 is 1.62 bits per heavy atom. The van der Waals surface area contributed by atoms with Gasteiger partial charge in [-0.15, -0.1) is 0 Å². The molecule has 26 heavy (non-hydrogen) atoms. The van der Waals surface area contributed by atoms with Crippen LogP contribution in [0.3, 0.4) is 0 Å². The fourth-order valence-corrected chi connectivity index (χ4v) is 6.52. The van der Waals surface area contributed by atoms with Crippen LogP contribution < -0.4 is 4.67 Å². The van der Waals surface area contributed by atoms with Crippen LogP contribution in [0.15, 0.2) is 41.4 Å². The number of hydrogen-bond donors (Lipinski definition) is 0. The van der Waals surface area contributed by atoms with E-state index in [4.69, 9.17) is 4.99 Å². The zero-order valence-electron chi connectivity index (χ0n) is 17.5. The molecule has 0 saturated heterocycles. The van der Waals surface area contributed by atoms with Gasteiger partial charge in [0, 0.05) is 8.07 Å².